The van der Waals surface area contributed by atoms with Crippen molar-refractivity contribution in [3.05, 3.63) is 71.2 Å². The number of aryl methyl sites for hydroxylation is 2. The molecule has 0 bridgehead atoms. The molecule has 3 rings (SSSR count). The molecule has 1 N–H and O–H groups in total. The van der Waals surface area contributed by atoms with Crippen LogP contribution < -0.4 is 5.32 Å². The number of rotatable bonds is 9. The van der Waals surface area contributed by atoms with E-state index in [1.165, 1.54) is 4.90 Å². The molecule has 0 saturated heterocycles. The first kappa shape index (κ1) is 24.3. The minimum Gasteiger partial charge on any atom is -0.452 e. The zero-order valence-electron chi connectivity index (χ0n) is 19.3. The van der Waals surface area contributed by atoms with Gasteiger partial charge in [-0.1, -0.05) is 25.1 Å². The summed E-state index contributed by atoms with van der Waals surface area (Å²) in [7, 11) is 0. The van der Waals surface area contributed by atoms with Gasteiger partial charge in [0.25, 0.3) is 5.91 Å². The van der Waals surface area contributed by atoms with Gasteiger partial charge in [-0.15, -0.1) is 0 Å². The fourth-order valence-electron chi connectivity index (χ4n) is 3.46. The van der Waals surface area contributed by atoms with E-state index in [-0.39, 0.29) is 35.2 Å². The van der Waals surface area contributed by atoms with E-state index < -0.39 is 18.5 Å². The number of carbonyl (C=O) groups is 3. The zero-order valence-corrected chi connectivity index (χ0v) is 19.3. The highest BCUT2D eigenvalue weighted by molar-refractivity contribution is 5.97. The fourth-order valence-corrected chi connectivity index (χ4v) is 3.46. The SMILES string of the molecule is CCCN(CC(=O)Nc1ccccc1C)C(=O)COC(=O)c1c(C)oc(-n2cccc2)c1C#N. The highest BCUT2D eigenvalue weighted by Gasteiger charge is 2.27. The van der Waals surface area contributed by atoms with E-state index in [4.69, 9.17) is 9.15 Å². The van der Waals surface area contributed by atoms with Crippen LogP contribution in [-0.2, 0) is 14.3 Å². The molecule has 9 nitrogen and oxygen atoms in total. The number of anilines is 1. The summed E-state index contributed by atoms with van der Waals surface area (Å²) in [6.07, 6.45) is 3.99. The first-order chi connectivity index (χ1) is 16.3. The van der Waals surface area contributed by atoms with Crippen LogP contribution in [0.15, 0.2) is 53.2 Å². The van der Waals surface area contributed by atoms with Crippen LogP contribution in [0.5, 0.6) is 0 Å². The number of para-hydroxylation sites is 1. The van der Waals surface area contributed by atoms with Crippen molar-refractivity contribution in [2.24, 2.45) is 0 Å². The third-order valence-electron chi connectivity index (χ3n) is 5.15. The molecule has 0 fully saturated rings. The van der Waals surface area contributed by atoms with Gasteiger partial charge in [0, 0.05) is 24.6 Å². The third-order valence-corrected chi connectivity index (χ3v) is 5.15. The molecule has 1 aromatic carbocycles. The van der Waals surface area contributed by atoms with Gasteiger partial charge in [-0.2, -0.15) is 5.26 Å². The van der Waals surface area contributed by atoms with Crippen LogP contribution in [-0.4, -0.2) is 46.9 Å². The third kappa shape index (κ3) is 5.53. The molecule has 2 heterocycles. The van der Waals surface area contributed by atoms with Gasteiger partial charge in [0.15, 0.2) is 6.61 Å². The Morgan fingerprint density at radius 1 is 1.15 bits per heavy atom. The van der Waals surface area contributed by atoms with E-state index in [1.807, 2.05) is 38.1 Å². The van der Waals surface area contributed by atoms with Gasteiger partial charge in [-0.05, 0) is 44.0 Å². The summed E-state index contributed by atoms with van der Waals surface area (Å²) < 4.78 is 12.4. The molecule has 0 spiro atoms. The minimum absolute atomic E-state index is 0.0224. The Hall–Kier alpha value is -4.32. The number of amides is 2. The summed E-state index contributed by atoms with van der Waals surface area (Å²) in [4.78, 5) is 39.3. The fraction of sp³-hybridized carbons (Fsp3) is 0.280. The number of nitrogens with one attached hydrogen (secondary N) is 1. The summed E-state index contributed by atoms with van der Waals surface area (Å²) in [5.41, 5.74) is 1.56. The van der Waals surface area contributed by atoms with Crippen molar-refractivity contribution in [3.63, 3.8) is 0 Å². The smallest absolute Gasteiger partial charge is 0.343 e. The number of esters is 1. The van der Waals surface area contributed by atoms with Gasteiger partial charge >= 0.3 is 5.97 Å². The van der Waals surface area contributed by atoms with Crippen LogP contribution in [0.25, 0.3) is 5.88 Å². The Morgan fingerprint density at radius 3 is 2.50 bits per heavy atom. The van der Waals surface area contributed by atoms with Crippen LogP contribution in [0.3, 0.4) is 0 Å². The van der Waals surface area contributed by atoms with Gasteiger partial charge in [0.2, 0.25) is 11.8 Å². The largest absolute Gasteiger partial charge is 0.452 e. The highest BCUT2D eigenvalue weighted by atomic mass is 16.5. The average molecular weight is 463 g/mol. The number of ether oxygens (including phenoxy) is 1. The maximum absolute atomic E-state index is 12.7. The number of hydrogen-bond acceptors (Lipinski definition) is 6. The van der Waals surface area contributed by atoms with Crippen molar-refractivity contribution < 1.29 is 23.5 Å². The van der Waals surface area contributed by atoms with Gasteiger partial charge in [0.1, 0.15) is 23.0 Å². The van der Waals surface area contributed by atoms with Gasteiger partial charge < -0.3 is 19.4 Å². The second kappa shape index (κ2) is 11.0. The second-order valence-corrected chi connectivity index (χ2v) is 7.67. The van der Waals surface area contributed by atoms with Crippen LogP contribution in [0.2, 0.25) is 0 Å². The van der Waals surface area contributed by atoms with Crippen molar-refractivity contribution >= 4 is 23.5 Å². The van der Waals surface area contributed by atoms with E-state index in [0.717, 1.165) is 5.56 Å². The number of benzene rings is 1. The lowest BCUT2D eigenvalue weighted by Gasteiger charge is -2.21. The lowest BCUT2D eigenvalue weighted by atomic mass is 10.1. The lowest BCUT2D eigenvalue weighted by molar-refractivity contribution is -0.137. The van der Waals surface area contributed by atoms with Crippen molar-refractivity contribution in [1.29, 1.82) is 5.26 Å². The molecular formula is C25H26N4O5. The van der Waals surface area contributed by atoms with Crippen molar-refractivity contribution in [3.8, 4) is 12.0 Å². The molecule has 34 heavy (non-hydrogen) atoms. The number of carbonyl (C=O) groups excluding carboxylic acids is 3. The highest BCUT2D eigenvalue weighted by Crippen LogP contribution is 2.26. The van der Waals surface area contributed by atoms with Gasteiger partial charge in [0.05, 0.1) is 6.54 Å². The molecular weight excluding hydrogens is 436 g/mol. The van der Waals surface area contributed by atoms with E-state index in [0.29, 0.717) is 18.7 Å². The summed E-state index contributed by atoms with van der Waals surface area (Å²) >= 11 is 0. The molecule has 3 aromatic rings. The number of furan rings is 1. The van der Waals surface area contributed by atoms with Gasteiger partial charge in [-0.25, -0.2) is 4.79 Å². The van der Waals surface area contributed by atoms with Crippen LogP contribution in [0.4, 0.5) is 5.69 Å². The molecule has 2 amide bonds. The van der Waals surface area contributed by atoms with E-state index in [1.54, 1.807) is 42.1 Å². The first-order valence-corrected chi connectivity index (χ1v) is 10.8. The molecule has 0 aliphatic carbocycles. The molecule has 0 saturated carbocycles. The van der Waals surface area contributed by atoms with Crippen molar-refractivity contribution in [2.75, 3.05) is 25.0 Å². The Labute approximate surface area is 197 Å². The molecule has 176 valence electrons. The molecule has 9 heteroatoms. The predicted octanol–water partition coefficient (Wildman–Crippen LogP) is 3.59. The van der Waals surface area contributed by atoms with Crippen LogP contribution in [0, 0.1) is 25.2 Å². The molecule has 0 aliphatic rings. The van der Waals surface area contributed by atoms with E-state index in [2.05, 4.69) is 5.32 Å². The number of nitrogens with zero attached hydrogens (tertiary/aromatic N) is 3. The Bertz CT molecular complexity index is 1220. The Morgan fingerprint density at radius 2 is 1.85 bits per heavy atom. The van der Waals surface area contributed by atoms with E-state index >= 15 is 0 Å². The molecule has 0 aliphatic heterocycles. The topological polar surface area (TPSA) is 118 Å². The maximum atomic E-state index is 12.7. The van der Waals surface area contributed by atoms with Gasteiger partial charge in [-0.3, -0.25) is 14.2 Å². The predicted molar refractivity (Wildman–Crippen MR) is 124 cm³/mol. The standard InChI is InChI=1S/C25H26N4O5/c1-4-11-29(15-21(30)27-20-10-6-5-9-17(20)2)22(31)16-33-25(32)23-18(3)34-24(19(23)14-26)28-12-7-8-13-28/h5-10,12-13H,4,11,15-16H2,1-3H3,(H,27,30). The van der Waals surface area contributed by atoms with Crippen LogP contribution >= 0.6 is 0 Å². The number of aromatic nitrogens is 1. The van der Waals surface area contributed by atoms with Crippen LogP contribution in [0.1, 0.15) is 40.6 Å². The maximum Gasteiger partial charge on any atom is 0.343 e. The van der Waals surface area contributed by atoms with Crippen molar-refractivity contribution in [2.45, 2.75) is 27.2 Å². The Kier molecular flexibility index (Phi) is 7.88. The van der Waals surface area contributed by atoms with Crippen molar-refractivity contribution in [1.82, 2.24) is 9.47 Å². The number of hydrogen-bond donors (Lipinski definition) is 1. The Balaban J connectivity index is 1.66. The number of nitriles is 1. The quantitative estimate of drug-likeness (QED) is 0.486. The summed E-state index contributed by atoms with van der Waals surface area (Å²) in [5, 5.41) is 12.4. The summed E-state index contributed by atoms with van der Waals surface area (Å²) in [6.45, 7) is 4.88. The minimum atomic E-state index is -0.842. The molecule has 2 aromatic heterocycles. The molecule has 0 atom stereocenters. The average Bonchev–Trinajstić information content (AvgIpc) is 3.46. The summed E-state index contributed by atoms with van der Waals surface area (Å²) in [5.74, 6) is -1.30. The molecule has 0 radical (unpaired) electrons. The molecule has 0 unspecified atom stereocenters. The zero-order chi connectivity index (χ0) is 24.7. The normalized spacial score (nSPS) is 10.4. The lowest BCUT2D eigenvalue weighted by Crippen LogP contribution is -2.40. The monoisotopic (exact) mass is 462 g/mol. The van der Waals surface area contributed by atoms with E-state index in [9.17, 15) is 19.6 Å². The first-order valence-electron chi connectivity index (χ1n) is 10.8. The summed E-state index contributed by atoms with van der Waals surface area (Å²) in [6, 6.07) is 12.8. The second-order valence-electron chi connectivity index (χ2n) is 7.67.